The Hall–Kier alpha value is -1.20. The molecule has 0 fully saturated rings. The molecule has 0 atom stereocenters. The van der Waals surface area contributed by atoms with E-state index in [1.165, 1.54) is 0 Å². The second-order valence-corrected chi connectivity index (χ2v) is 5.30. The van der Waals surface area contributed by atoms with E-state index in [1.54, 1.807) is 0 Å². The van der Waals surface area contributed by atoms with Crippen molar-refractivity contribution in [3.8, 4) is 0 Å². The molecule has 2 N–H and O–H groups in total. The van der Waals surface area contributed by atoms with Crippen molar-refractivity contribution in [3.63, 3.8) is 0 Å². The first-order valence-electron chi connectivity index (χ1n) is 5.38. The molecule has 0 bridgehead atoms. The first-order valence-corrected chi connectivity index (χ1v) is 5.76. The summed E-state index contributed by atoms with van der Waals surface area (Å²) >= 11 is 5.65. The number of carbonyl (C=O) groups excluding carboxylic acids is 1. The summed E-state index contributed by atoms with van der Waals surface area (Å²) in [6.07, 6.45) is 0. The number of carbonyl (C=O) groups is 1. The van der Waals surface area contributed by atoms with Gasteiger partial charge in [0.1, 0.15) is 5.82 Å². The maximum atomic E-state index is 13.4. The van der Waals surface area contributed by atoms with Crippen molar-refractivity contribution in [1.82, 2.24) is 5.32 Å². The van der Waals surface area contributed by atoms with Gasteiger partial charge in [0.05, 0.1) is 17.3 Å². The van der Waals surface area contributed by atoms with Gasteiger partial charge >= 0.3 is 0 Å². The highest BCUT2D eigenvalue weighted by Crippen LogP contribution is 2.26. The van der Waals surface area contributed by atoms with Gasteiger partial charge in [0, 0.05) is 11.6 Å². The van der Waals surface area contributed by atoms with Crippen LogP contribution in [0.5, 0.6) is 0 Å². The Kier molecular flexibility index (Phi) is 4.65. The second kappa shape index (κ2) is 5.63. The molecule has 1 amide bonds. The number of benzene rings is 1. The van der Waals surface area contributed by atoms with Gasteiger partial charge in [-0.3, -0.25) is 4.79 Å². The van der Waals surface area contributed by atoms with Gasteiger partial charge in [-0.2, -0.15) is 0 Å². The number of nitrogens with one attached hydrogen (secondary N) is 2. The van der Waals surface area contributed by atoms with Crippen LogP contribution in [-0.2, 0) is 4.79 Å². The normalized spacial score (nSPS) is 11.4. The van der Waals surface area contributed by atoms with Gasteiger partial charge in [-0.25, -0.2) is 8.78 Å². The summed E-state index contributed by atoms with van der Waals surface area (Å²) in [5.74, 6) is -2.13. The molecule has 0 spiro atoms. The SMILES string of the molecule is CC(C)(C)NCC(=O)Nc1c(F)cc(F)cc1Cl. The number of hydrogen-bond donors (Lipinski definition) is 2. The van der Waals surface area contributed by atoms with Crippen LogP contribution in [0.25, 0.3) is 0 Å². The molecule has 0 saturated heterocycles. The zero-order valence-electron chi connectivity index (χ0n) is 10.4. The first kappa shape index (κ1) is 14.9. The topological polar surface area (TPSA) is 41.1 Å². The highest BCUT2D eigenvalue weighted by molar-refractivity contribution is 6.33. The van der Waals surface area contributed by atoms with Gasteiger partial charge in [-0.1, -0.05) is 11.6 Å². The third-order valence-corrected chi connectivity index (χ3v) is 2.35. The third-order valence-electron chi connectivity index (χ3n) is 2.05. The summed E-state index contributed by atoms with van der Waals surface area (Å²) in [7, 11) is 0. The molecule has 1 aromatic carbocycles. The fourth-order valence-corrected chi connectivity index (χ4v) is 1.43. The molecule has 0 saturated carbocycles. The molecular formula is C12H15ClF2N2O. The van der Waals surface area contributed by atoms with Crippen molar-refractivity contribution in [3.05, 3.63) is 28.8 Å². The summed E-state index contributed by atoms with van der Waals surface area (Å²) in [5.41, 5.74) is -0.443. The van der Waals surface area contributed by atoms with Crippen molar-refractivity contribution in [1.29, 1.82) is 0 Å². The van der Waals surface area contributed by atoms with Gasteiger partial charge < -0.3 is 10.6 Å². The lowest BCUT2D eigenvalue weighted by atomic mass is 10.1. The molecule has 0 aliphatic heterocycles. The van der Waals surface area contributed by atoms with E-state index in [4.69, 9.17) is 11.6 Å². The quantitative estimate of drug-likeness (QED) is 0.891. The fourth-order valence-electron chi connectivity index (χ4n) is 1.19. The molecule has 1 aromatic rings. The molecule has 6 heteroatoms. The molecule has 0 aliphatic rings. The number of rotatable bonds is 3. The molecule has 0 aliphatic carbocycles. The Balaban J connectivity index is 2.71. The van der Waals surface area contributed by atoms with E-state index in [0.29, 0.717) is 6.07 Å². The minimum Gasteiger partial charge on any atom is -0.321 e. The zero-order chi connectivity index (χ0) is 13.9. The van der Waals surface area contributed by atoms with Crippen molar-refractivity contribution in [2.45, 2.75) is 26.3 Å². The lowest BCUT2D eigenvalue weighted by Gasteiger charge is -2.20. The largest absolute Gasteiger partial charge is 0.321 e. The van der Waals surface area contributed by atoms with E-state index in [1.807, 2.05) is 20.8 Å². The minimum absolute atomic E-state index is 0.0106. The standard InChI is InChI=1S/C12H15ClF2N2O/c1-12(2,3)16-6-10(18)17-11-8(13)4-7(14)5-9(11)15/h4-5,16H,6H2,1-3H3,(H,17,18). The van der Waals surface area contributed by atoms with E-state index in [9.17, 15) is 13.6 Å². The van der Waals surface area contributed by atoms with Crippen LogP contribution in [0.4, 0.5) is 14.5 Å². The predicted octanol–water partition coefficient (Wildman–Crippen LogP) is 2.94. The molecule has 1 rings (SSSR count). The molecule has 18 heavy (non-hydrogen) atoms. The Morgan fingerprint density at radius 3 is 2.44 bits per heavy atom. The maximum absolute atomic E-state index is 13.4. The third kappa shape index (κ3) is 4.58. The summed E-state index contributed by atoms with van der Waals surface area (Å²) in [5, 5.41) is 5.07. The van der Waals surface area contributed by atoms with E-state index >= 15 is 0 Å². The van der Waals surface area contributed by atoms with Crippen molar-refractivity contribution in [2.75, 3.05) is 11.9 Å². The Bertz CT molecular complexity index is 435. The fraction of sp³-hybridized carbons (Fsp3) is 0.417. The highest BCUT2D eigenvalue weighted by atomic mass is 35.5. The monoisotopic (exact) mass is 276 g/mol. The Labute approximate surface area is 110 Å². The van der Waals surface area contributed by atoms with E-state index in [-0.39, 0.29) is 22.8 Å². The van der Waals surface area contributed by atoms with Crippen LogP contribution in [0.2, 0.25) is 5.02 Å². The summed E-state index contributed by atoms with van der Waals surface area (Å²) < 4.78 is 26.2. The van der Waals surface area contributed by atoms with Crippen molar-refractivity contribution >= 4 is 23.2 Å². The molecule has 0 aromatic heterocycles. The average molecular weight is 277 g/mol. The molecule has 3 nitrogen and oxygen atoms in total. The van der Waals surface area contributed by atoms with Gasteiger partial charge in [-0.15, -0.1) is 0 Å². The molecule has 0 radical (unpaired) electrons. The van der Waals surface area contributed by atoms with E-state index in [0.717, 1.165) is 6.07 Å². The van der Waals surface area contributed by atoms with Crippen molar-refractivity contribution < 1.29 is 13.6 Å². The number of anilines is 1. The predicted molar refractivity (Wildman–Crippen MR) is 67.8 cm³/mol. The van der Waals surface area contributed by atoms with Crippen LogP contribution in [0, 0.1) is 11.6 Å². The highest BCUT2D eigenvalue weighted by Gasteiger charge is 2.15. The van der Waals surface area contributed by atoms with E-state index < -0.39 is 17.5 Å². The maximum Gasteiger partial charge on any atom is 0.238 e. The molecular weight excluding hydrogens is 262 g/mol. The summed E-state index contributed by atoms with van der Waals surface area (Å²) in [6, 6.07) is 1.61. The first-order chi connectivity index (χ1) is 8.19. The van der Waals surface area contributed by atoms with Crippen LogP contribution in [0.3, 0.4) is 0 Å². The average Bonchev–Trinajstić information content (AvgIpc) is 2.19. The van der Waals surface area contributed by atoms with Gasteiger partial charge in [0.15, 0.2) is 5.82 Å². The van der Waals surface area contributed by atoms with Gasteiger partial charge in [0.2, 0.25) is 5.91 Å². The number of amides is 1. The lowest BCUT2D eigenvalue weighted by molar-refractivity contribution is -0.115. The lowest BCUT2D eigenvalue weighted by Crippen LogP contribution is -2.41. The summed E-state index contributed by atoms with van der Waals surface area (Å²) in [6.45, 7) is 5.69. The zero-order valence-corrected chi connectivity index (χ0v) is 11.2. The van der Waals surface area contributed by atoms with E-state index in [2.05, 4.69) is 10.6 Å². The number of hydrogen-bond acceptors (Lipinski definition) is 2. The Morgan fingerprint density at radius 1 is 1.33 bits per heavy atom. The summed E-state index contributed by atoms with van der Waals surface area (Å²) in [4.78, 5) is 11.6. The van der Waals surface area contributed by atoms with Gasteiger partial charge in [0.25, 0.3) is 0 Å². The minimum atomic E-state index is -0.899. The van der Waals surface area contributed by atoms with Crippen LogP contribution >= 0.6 is 11.6 Å². The number of halogens is 3. The molecule has 0 heterocycles. The van der Waals surface area contributed by atoms with Crippen LogP contribution in [-0.4, -0.2) is 18.0 Å². The second-order valence-electron chi connectivity index (χ2n) is 4.90. The Morgan fingerprint density at radius 2 is 1.94 bits per heavy atom. The molecule has 100 valence electrons. The van der Waals surface area contributed by atoms with Crippen molar-refractivity contribution in [2.24, 2.45) is 0 Å². The van der Waals surface area contributed by atoms with Crippen LogP contribution in [0.1, 0.15) is 20.8 Å². The van der Waals surface area contributed by atoms with Crippen LogP contribution < -0.4 is 10.6 Å². The smallest absolute Gasteiger partial charge is 0.238 e. The van der Waals surface area contributed by atoms with Crippen LogP contribution in [0.15, 0.2) is 12.1 Å². The molecule has 0 unspecified atom stereocenters. The van der Waals surface area contributed by atoms with Gasteiger partial charge in [-0.05, 0) is 26.8 Å².